The first kappa shape index (κ1) is 18.7. The van der Waals surface area contributed by atoms with E-state index in [1.807, 2.05) is 0 Å². The number of nitrogens with one attached hydrogen (secondary N) is 1. The summed E-state index contributed by atoms with van der Waals surface area (Å²) in [7, 11) is -2.14. The Labute approximate surface area is 145 Å². The van der Waals surface area contributed by atoms with Gasteiger partial charge in [-0.15, -0.1) is 0 Å². The fourth-order valence-electron chi connectivity index (χ4n) is 2.15. The zero-order valence-electron chi connectivity index (χ0n) is 13.7. The molecule has 2 rings (SSSR count). The average Bonchev–Trinajstić information content (AvgIpc) is 2.53. The van der Waals surface area contributed by atoms with Crippen molar-refractivity contribution in [3.05, 3.63) is 36.4 Å². The third-order valence-corrected chi connectivity index (χ3v) is 4.70. The van der Waals surface area contributed by atoms with Gasteiger partial charge in [-0.2, -0.15) is 4.31 Å². The van der Waals surface area contributed by atoms with E-state index in [0.29, 0.717) is 22.2 Å². The zero-order valence-corrected chi connectivity index (χ0v) is 14.5. The largest absolute Gasteiger partial charge is 0.481 e. The molecule has 0 radical (unpaired) electrons. The van der Waals surface area contributed by atoms with E-state index in [1.54, 1.807) is 36.4 Å². The highest BCUT2D eigenvalue weighted by Crippen LogP contribution is 2.31. The number of amides is 1. The van der Waals surface area contributed by atoms with E-state index in [4.69, 9.17) is 9.84 Å². The van der Waals surface area contributed by atoms with Gasteiger partial charge < -0.3 is 15.2 Å². The molecule has 1 amide bonds. The molecule has 0 unspecified atom stereocenters. The minimum absolute atomic E-state index is 0.315. The van der Waals surface area contributed by atoms with Gasteiger partial charge in [-0.25, -0.2) is 13.2 Å². The van der Waals surface area contributed by atoms with Crippen LogP contribution in [0.1, 0.15) is 0 Å². The van der Waals surface area contributed by atoms with Crippen molar-refractivity contribution >= 4 is 38.4 Å². The maximum Gasteiger partial charge on any atom is 0.341 e. The van der Waals surface area contributed by atoms with Crippen molar-refractivity contribution in [3.8, 4) is 5.75 Å². The predicted octanol–water partition coefficient (Wildman–Crippen LogP) is 1.13. The Morgan fingerprint density at radius 3 is 2.40 bits per heavy atom. The third kappa shape index (κ3) is 4.91. The first-order valence-corrected chi connectivity index (χ1v) is 9.11. The predicted molar refractivity (Wildman–Crippen MR) is 93.2 cm³/mol. The van der Waals surface area contributed by atoms with E-state index >= 15 is 0 Å². The second kappa shape index (κ2) is 7.49. The molecule has 134 valence electrons. The Morgan fingerprint density at radius 1 is 1.16 bits per heavy atom. The first-order chi connectivity index (χ1) is 11.7. The van der Waals surface area contributed by atoms with E-state index in [-0.39, 0.29) is 6.54 Å². The second-order valence-corrected chi connectivity index (χ2v) is 7.50. The number of carbonyl (C=O) groups is 2. The van der Waals surface area contributed by atoms with Crippen molar-refractivity contribution in [1.29, 1.82) is 0 Å². The van der Waals surface area contributed by atoms with Gasteiger partial charge in [0.2, 0.25) is 15.9 Å². The van der Waals surface area contributed by atoms with E-state index in [2.05, 4.69) is 5.32 Å². The maximum absolute atomic E-state index is 12.1. The molecule has 0 aliphatic rings. The SMILES string of the molecule is CN(CC(=O)Nc1ccc(OCC(=O)O)c2ccccc12)S(C)(=O)=O. The van der Waals surface area contributed by atoms with Crippen LogP contribution in [0.4, 0.5) is 5.69 Å². The fourth-order valence-corrected chi connectivity index (χ4v) is 2.51. The number of ether oxygens (including phenoxy) is 1. The number of fused-ring (bicyclic) bond motifs is 1. The van der Waals surface area contributed by atoms with Gasteiger partial charge in [0.1, 0.15) is 5.75 Å². The Balaban J connectivity index is 2.26. The molecule has 0 fully saturated rings. The molecule has 0 aliphatic heterocycles. The summed E-state index contributed by atoms with van der Waals surface area (Å²) in [5.74, 6) is -1.20. The Bertz CT molecular complexity index is 910. The topological polar surface area (TPSA) is 113 Å². The monoisotopic (exact) mass is 366 g/mol. The quantitative estimate of drug-likeness (QED) is 0.760. The number of carboxylic acids is 1. The van der Waals surface area contributed by atoms with Crippen LogP contribution >= 0.6 is 0 Å². The van der Waals surface area contributed by atoms with Gasteiger partial charge in [0, 0.05) is 23.5 Å². The summed E-state index contributed by atoms with van der Waals surface area (Å²) in [5.41, 5.74) is 0.477. The van der Waals surface area contributed by atoms with E-state index < -0.39 is 28.5 Å². The molecule has 0 atom stereocenters. The zero-order chi connectivity index (χ0) is 18.6. The summed E-state index contributed by atoms with van der Waals surface area (Å²) < 4.78 is 29.0. The van der Waals surface area contributed by atoms with E-state index in [1.165, 1.54) is 7.05 Å². The Hall–Kier alpha value is -2.65. The van der Waals surface area contributed by atoms with Crippen LogP contribution in [0.3, 0.4) is 0 Å². The third-order valence-electron chi connectivity index (χ3n) is 3.44. The average molecular weight is 366 g/mol. The van der Waals surface area contributed by atoms with E-state index in [9.17, 15) is 18.0 Å². The number of hydrogen-bond acceptors (Lipinski definition) is 5. The number of anilines is 1. The maximum atomic E-state index is 12.1. The lowest BCUT2D eigenvalue weighted by Crippen LogP contribution is -2.34. The van der Waals surface area contributed by atoms with Crippen molar-refractivity contribution in [2.24, 2.45) is 0 Å². The standard InChI is InChI=1S/C16H18N2O6S/c1-18(25(2,22)23)9-15(19)17-13-7-8-14(24-10-16(20)21)12-6-4-3-5-11(12)13/h3-8H,9-10H2,1-2H3,(H,17,19)(H,20,21). The van der Waals surface area contributed by atoms with Crippen LogP contribution in [0.15, 0.2) is 36.4 Å². The van der Waals surface area contributed by atoms with Crippen LogP contribution in [0.5, 0.6) is 5.75 Å². The molecule has 2 N–H and O–H groups in total. The number of rotatable bonds is 7. The van der Waals surface area contributed by atoms with Crippen molar-refractivity contribution < 1.29 is 27.9 Å². The summed E-state index contributed by atoms with van der Waals surface area (Å²) in [6.45, 7) is -0.792. The van der Waals surface area contributed by atoms with Crippen molar-refractivity contribution in [2.75, 3.05) is 31.8 Å². The number of hydrogen-bond donors (Lipinski definition) is 2. The van der Waals surface area contributed by atoms with Crippen LogP contribution in [-0.2, 0) is 19.6 Å². The molecule has 9 heteroatoms. The minimum atomic E-state index is -3.46. The van der Waals surface area contributed by atoms with Gasteiger partial charge >= 0.3 is 5.97 Å². The molecule has 0 saturated carbocycles. The minimum Gasteiger partial charge on any atom is -0.481 e. The smallest absolute Gasteiger partial charge is 0.341 e. The first-order valence-electron chi connectivity index (χ1n) is 7.26. The van der Waals surface area contributed by atoms with Crippen LogP contribution < -0.4 is 10.1 Å². The highest BCUT2D eigenvalue weighted by molar-refractivity contribution is 7.88. The Kier molecular flexibility index (Phi) is 5.60. The van der Waals surface area contributed by atoms with Crippen LogP contribution in [0, 0.1) is 0 Å². The number of benzene rings is 2. The highest BCUT2D eigenvalue weighted by atomic mass is 32.2. The molecule has 0 heterocycles. The number of sulfonamides is 1. The van der Waals surface area contributed by atoms with Gasteiger partial charge in [0.15, 0.2) is 6.61 Å². The summed E-state index contributed by atoms with van der Waals surface area (Å²) in [6, 6.07) is 10.2. The lowest BCUT2D eigenvalue weighted by Gasteiger charge is -2.15. The molecule has 2 aromatic rings. The molecular formula is C16H18N2O6S. The van der Waals surface area contributed by atoms with Gasteiger partial charge in [0.25, 0.3) is 0 Å². The van der Waals surface area contributed by atoms with Gasteiger partial charge in [-0.05, 0) is 12.1 Å². The number of carbonyl (C=O) groups excluding carboxylic acids is 1. The van der Waals surface area contributed by atoms with Crippen LogP contribution in [-0.4, -0.2) is 56.2 Å². The number of aliphatic carboxylic acids is 1. The summed E-state index contributed by atoms with van der Waals surface area (Å²) in [6.07, 6.45) is 1.02. The lowest BCUT2D eigenvalue weighted by molar-refractivity contribution is -0.139. The van der Waals surface area contributed by atoms with Crippen molar-refractivity contribution in [2.45, 2.75) is 0 Å². The molecule has 0 bridgehead atoms. The lowest BCUT2D eigenvalue weighted by atomic mass is 10.1. The van der Waals surface area contributed by atoms with E-state index in [0.717, 1.165) is 10.6 Å². The molecular weight excluding hydrogens is 348 g/mol. The van der Waals surface area contributed by atoms with Crippen LogP contribution in [0.2, 0.25) is 0 Å². The summed E-state index contributed by atoms with van der Waals surface area (Å²) in [5, 5.41) is 12.7. The summed E-state index contributed by atoms with van der Waals surface area (Å²) >= 11 is 0. The normalized spacial score (nSPS) is 11.5. The number of likely N-dealkylation sites (N-methyl/N-ethyl adjacent to an activating group) is 1. The molecule has 0 aliphatic carbocycles. The number of carboxylic acid groups (broad SMARTS) is 1. The number of nitrogens with zero attached hydrogens (tertiary/aromatic N) is 1. The van der Waals surface area contributed by atoms with Gasteiger partial charge in [0.05, 0.1) is 12.8 Å². The second-order valence-electron chi connectivity index (χ2n) is 5.41. The van der Waals surface area contributed by atoms with Crippen molar-refractivity contribution in [1.82, 2.24) is 4.31 Å². The molecule has 25 heavy (non-hydrogen) atoms. The molecule has 0 spiro atoms. The molecule has 2 aromatic carbocycles. The molecule has 0 saturated heterocycles. The Morgan fingerprint density at radius 2 is 1.80 bits per heavy atom. The molecule has 8 nitrogen and oxygen atoms in total. The van der Waals surface area contributed by atoms with Gasteiger partial charge in [-0.3, -0.25) is 4.79 Å². The highest BCUT2D eigenvalue weighted by Gasteiger charge is 2.16. The summed E-state index contributed by atoms with van der Waals surface area (Å²) in [4.78, 5) is 22.8. The van der Waals surface area contributed by atoms with Crippen molar-refractivity contribution in [3.63, 3.8) is 0 Å². The molecule has 0 aromatic heterocycles. The fraction of sp³-hybridized carbons (Fsp3) is 0.250. The van der Waals surface area contributed by atoms with Crippen LogP contribution in [0.25, 0.3) is 10.8 Å². The van der Waals surface area contributed by atoms with Gasteiger partial charge in [-0.1, -0.05) is 24.3 Å².